The maximum Gasteiger partial charge on any atom is 0.252 e. The summed E-state index contributed by atoms with van der Waals surface area (Å²) < 4.78 is 0. The molecule has 8 aromatic rings. The molecular weight excluding hydrogens is 1080 g/mol. The zero-order valence-electron chi connectivity index (χ0n) is 57.5. The van der Waals surface area contributed by atoms with Gasteiger partial charge in [0.1, 0.15) is 0 Å². The van der Waals surface area contributed by atoms with Crippen LogP contribution in [0.4, 0.5) is 56.9 Å². The lowest BCUT2D eigenvalue weighted by Crippen LogP contribution is -2.61. The summed E-state index contributed by atoms with van der Waals surface area (Å²) in [6.07, 6.45) is 9.52. The van der Waals surface area contributed by atoms with Crippen LogP contribution in [0.2, 0.25) is 0 Å². The number of benzene rings is 8. The van der Waals surface area contributed by atoms with Crippen molar-refractivity contribution < 1.29 is 0 Å². The van der Waals surface area contributed by atoms with E-state index in [1.54, 1.807) is 0 Å². The second-order valence-corrected chi connectivity index (χ2v) is 34.2. The van der Waals surface area contributed by atoms with Crippen molar-refractivity contribution in [2.45, 2.75) is 232 Å². The second kappa shape index (κ2) is 19.8. The molecule has 2 aliphatic carbocycles. The summed E-state index contributed by atoms with van der Waals surface area (Å²) in [5, 5.41) is 0. The van der Waals surface area contributed by atoms with Crippen molar-refractivity contribution >= 4 is 80.0 Å². The standard InChI is InChI=1S/C84H99BN4/c1-76(2,3)55-29-35-60(36-30-55)86-72-51-61(88-69-41-33-57(78(7,8)9)48-64(69)81(16)43-23-25-45-83(81,88)18)37-39-67(72)85-66-38-31-59(80(13,14)15)50-71(66)87(68-40-32-56(77(4,5)6)47-63(68)54-27-21-20-22-28-54)74-53-62(52-73(86)75(74)85)89-70-42-34-58(79(10,11)12)49-65(70)82(17)44-24-26-46-84(82,89)19/h20-22,27-42,47-53H,23-26,43-46H2,1-19H3. The number of fused-ring (bicyclic) bond motifs is 10. The van der Waals surface area contributed by atoms with E-state index in [4.69, 9.17) is 0 Å². The van der Waals surface area contributed by atoms with Crippen LogP contribution in [0.15, 0.2) is 158 Å². The highest BCUT2D eigenvalue weighted by molar-refractivity contribution is 7.00. The predicted octanol–water partition coefficient (Wildman–Crippen LogP) is 21.4. The van der Waals surface area contributed by atoms with Crippen molar-refractivity contribution in [3.8, 4) is 11.1 Å². The van der Waals surface area contributed by atoms with Gasteiger partial charge in [0.15, 0.2) is 0 Å². The third kappa shape index (κ3) is 8.93. The van der Waals surface area contributed by atoms with Gasteiger partial charge in [-0.3, -0.25) is 0 Å². The molecule has 4 unspecified atom stereocenters. The topological polar surface area (TPSA) is 13.0 Å². The van der Waals surface area contributed by atoms with Gasteiger partial charge in [0.25, 0.3) is 6.71 Å². The van der Waals surface area contributed by atoms with Gasteiger partial charge in [-0.05, 0) is 194 Å². The summed E-state index contributed by atoms with van der Waals surface area (Å²) in [5.74, 6) is 0. The van der Waals surface area contributed by atoms with E-state index in [2.05, 4.69) is 309 Å². The van der Waals surface area contributed by atoms with Crippen LogP contribution in [0.5, 0.6) is 0 Å². The normalized spacial score (nSPS) is 22.9. The van der Waals surface area contributed by atoms with Crippen LogP contribution in [0, 0.1) is 0 Å². The van der Waals surface area contributed by atoms with Crippen molar-refractivity contribution in [3.05, 3.63) is 197 Å². The van der Waals surface area contributed by atoms with Crippen molar-refractivity contribution in [2.24, 2.45) is 0 Å². The van der Waals surface area contributed by atoms with E-state index in [1.807, 2.05) is 0 Å². The van der Waals surface area contributed by atoms with Crippen molar-refractivity contribution in [1.82, 2.24) is 0 Å². The average molecular weight is 1180 g/mol. The minimum Gasteiger partial charge on any atom is -0.334 e. The van der Waals surface area contributed by atoms with Crippen LogP contribution in [-0.2, 0) is 37.9 Å². The smallest absolute Gasteiger partial charge is 0.252 e. The molecule has 89 heavy (non-hydrogen) atoms. The molecule has 458 valence electrons. The molecule has 14 rings (SSSR count). The minimum absolute atomic E-state index is 0.0129. The van der Waals surface area contributed by atoms with Crippen LogP contribution in [-0.4, -0.2) is 17.8 Å². The Morgan fingerprint density at radius 2 is 0.719 bits per heavy atom. The predicted molar refractivity (Wildman–Crippen MR) is 385 cm³/mol. The number of rotatable bonds is 5. The monoisotopic (exact) mass is 1170 g/mol. The summed E-state index contributed by atoms with van der Waals surface area (Å²) in [4.78, 5) is 11.1. The molecule has 2 fully saturated rings. The fourth-order valence-corrected chi connectivity index (χ4v) is 17.6. The first-order valence-corrected chi connectivity index (χ1v) is 34.0. The molecule has 0 amide bonds. The number of hydrogen-bond acceptors (Lipinski definition) is 4. The van der Waals surface area contributed by atoms with Gasteiger partial charge < -0.3 is 19.6 Å². The van der Waals surface area contributed by atoms with Crippen molar-refractivity contribution in [2.75, 3.05) is 19.6 Å². The Morgan fingerprint density at radius 3 is 1.24 bits per heavy atom. The first-order chi connectivity index (χ1) is 41.8. The molecule has 4 heterocycles. The molecular formula is C84H99BN4. The highest BCUT2D eigenvalue weighted by Crippen LogP contribution is 2.64. The fraction of sp³-hybridized carbons (Fsp3) is 0.429. The average Bonchev–Trinajstić information content (AvgIpc) is 1.58. The SMILES string of the molecule is CC(C)(C)c1ccc(N2c3cc(N4c5ccc(C(C)(C)C)cc5C5(C)CCCCC45C)ccc3B3c4ccc(C(C)(C)C)cc4N(c4ccc(C(C)(C)C)cc4-c4ccccc4)c4cc(N5c6ccc(C(C)(C)C)cc6C6(C)CCCCC56C)cc2c43)cc1. The van der Waals surface area contributed by atoms with Crippen LogP contribution < -0.4 is 36.0 Å². The van der Waals surface area contributed by atoms with E-state index in [0.717, 1.165) is 19.3 Å². The third-order valence-corrected chi connectivity index (χ3v) is 23.5. The van der Waals surface area contributed by atoms with E-state index in [-0.39, 0.29) is 55.7 Å². The molecule has 0 bridgehead atoms. The van der Waals surface area contributed by atoms with Gasteiger partial charge in [0.2, 0.25) is 0 Å². The van der Waals surface area contributed by atoms with Gasteiger partial charge in [-0.2, -0.15) is 0 Å². The molecule has 0 spiro atoms. The molecule has 5 heteroatoms. The van der Waals surface area contributed by atoms with E-state index in [1.165, 1.54) is 155 Å². The molecule has 0 N–H and O–H groups in total. The summed E-state index contributed by atoms with van der Waals surface area (Å²) in [5.41, 5.74) is 28.5. The Morgan fingerprint density at radius 1 is 0.326 bits per heavy atom. The van der Waals surface area contributed by atoms with Gasteiger partial charge in [0, 0.05) is 67.6 Å². The van der Waals surface area contributed by atoms with Crippen LogP contribution in [0.1, 0.15) is 222 Å². The van der Waals surface area contributed by atoms with Crippen molar-refractivity contribution in [3.63, 3.8) is 0 Å². The Balaban J connectivity index is 1.11. The van der Waals surface area contributed by atoms with Crippen molar-refractivity contribution in [1.29, 1.82) is 0 Å². The molecule has 8 aromatic carbocycles. The van der Waals surface area contributed by atoms with E-state index in [0.29, 0.717) is 0 Å². The largest absolute Gasteiger partial charge is 0.334 e. The van der Waals surface area contributed by atoms with Gasteiger partial charge in [-0.1, -0.05) is 234 Å². The summed E-state index contributed by atoms with van der Waals surface area (Å²) in [6.45, 7) is 45.9. The first-order valence-electron chi connectivity index (χ1n) is 34.0. The molecule has 4 nitrogen and oxygen atoms in total. The van der Waals surface area contributed by atoms with E-state index in [9.17, 15) is 0 Å². The van der Waals surface area contributed by atoms with E-state index >= 15 is 0 Å². The maximum atomic E-state index is 2.87. The highest BCUT2D eigenvalue weighted by Gasteiger charge is 2.60. The molecule has 4 aliphatic heterocycles. The Bertz CT molecular complexity index is 4160. The lowest BCUT2D eigenvalue weighted by Gasteiger charge is -2.51. The van der Waals surface area contributed by atoms with Gasteiger partial charge in [-0.15, -0.1) is 0 Å². The highest BCUT2D eigenvalue weighted by atomic mass is 15.3. The fourth-order valence-electron chi connectivity index (χ4n) is 17.6. The molecule has 6 aliphatic rings. The zero-order chi connectivity index (χ0) is 63.1. The lowest BCUT2D eigenvalue weighted by molar-refractivity contribution is 0.195. The summed E-state index contributed by atoms with van der Waals surface area (Å²) in [7, 11) is 0. The number of anilines is 10. The Labute approximate surface area is 536 Å². The third-order valence-electron chi connectivity index (χ3n) is 23.5. The van der Waals surface area contributed by atoms with Gasteiger partial charge >= 0.3 is 0 Å². The summed E-state index contributed by atoms with van der Waals surface area (Å²) in [6, 6.07) is 64.1. The quantitative estimate of drug-likeness (QED) is 0.159. The van der Waals surface area contributed by atoms with Crippen LogP contribution in [0.25, 0.3) is 11.1 Å². The lowest BCUT2D eigenvalue weighted by atomic mass is 9.33. The maximum absolute atomic E-state index is 2.87. The molecule has 0 aromatic heterocycles. The van der Waals surface area contributed by atoms with Crippen LogP contribution in [0.3, 0.4) is 0 Å². The molecule has 4 atom stereocenters. The molecule has 0 saturated heterocycles. The number of nitrogens with zero attached hydrogens (tertiary/aromatic N) is 4. The molecule has 0 radical (unpaired) electrons. The second-order valence-electron chi connectivity index (χ2n) is 34.2. The van der Waals surface area contributed by atoms with Gasteiger partial charge in [0.05, 0.1) is 16.8 Å². The first kappa shape index (κ1) is 59.6. The number of hydrogen-bond donors (Lipinski definition) is 0. The summed E-state index contributed by atoms with van der Waals surface area (Å²) >= 11 is 0. The minimum atomic E-state index is -0.193. The Hall–Kier alpha value is -6.98. The zero-order valence-corrected chi connectivity index (χ0v) is 57.5. The van der Waals surface area contributed by atoms with E-state index < -0.39 is 0 Å². The Kier molecular flexibility index (Phi) is 13.2. The van der Waals surface area contributed by atoms with Gasteiger partial charge in [-0.25, -0.2) is 0 Å². The molecule has 2 saturated carbocycles. The van der Waals surface area contributed by atoms with Crippen LogP contribution >= 0.6 is 0 Å².